The van der Waals surface area contributed by atoms with E-state index in [1.807, 2.05) is 0 Å². The van der Waals surface area contributed by atoms with Crippen LogP contribution in [0.15, 0.2) is 22.7 Å². The van der Waals surface area contributed by atoms with Gasteiger partial charge < -0.3 is 9.64 Å². The molecule has 0 heterocycles. The zero-order valence-electron chi connectivity index (χ0n) is 9.96. The number of alkyl halides is 1. The van der Waals surface area contributed by atoms with Crippen LogP contribution in [0.5, 0.6) is 0 Å². The van der Waals surface area contributed by atoms with Crippen LogP contribution in [0.2, 0.25) is 0 Å². The van der Waals surface area contributed by atoms with Gasteiger partial charge in [0.2, 0.25) is 0 Å². The molecule has 0 radical (unpaired) electrons. The summed E-state index contributed by atoms with van der Waals surface area (Å²) in [5, 5.41) is 0. The molecule has 0 aromatic heterocycles. The summed E-state index contributed by atoms with van der Waals surface area (Å²) in [7, 11) is 1.56. The second-order valence-corrected chi connectivity index (χ2v) is 4.83. The third-order valence-corrected chi connectivity index (χ3v) is 3.23. The first-order valence-corrected chi connectivity index (χ1v) is 6.72. The molecule has 6 heteroatoms. The minimum absolute atomic E-state index is 0.265. The van der Waals surface area contributed by atoms with E-state index in [0.717, 1.165) is 0 Å². The highest BCUT2D eigenvalue weighted by Gasteiger charge is 2.18. The van der Waals surface area contributed by atoms with Gasteiger partial charge in [0.05, 0.1) is 12.2 Å². The van der Waals surface area contributed by atoms with Gasteiger partial charge in [0, 0.05) is 30.6 Å². The molecule has 0 aliphatic carbocycles. The topological polar surface area (TPSA) is 29.5 Å². The Balaban J connectivity index is 2.90. The smallest absolute Gasteiger partial charge is 0.255 e. The number of hydrogen-bond donors (Lipinski definition) is 0. The van der Waals surface area contributed by atoms with Gasteiger partial charge >= 0.3 is 0 Å². The minimum Gasteiger partial charge on any atom is -0.383 e. The fourth-order valence-electron chi connectivity index (χ4n) is 1.45. The molecular formula is C12H14BrClFNO2. The lowest BCUT2D eigenvalue weighted by atomic mass is 10.2. The fourth-order valence-corrected chi connectivity index (χ4v) is 2.07. The normalized spacial score (nSPS) is 10.4. The number of halogens is 3. The number of hydrogen-bond acceptors (Lipinski definition) is 2. The highest BCUT2D eigenvalue weighted by Crippen LogP contribution is 2.19. The molecule has 0 aliphatic rings. The summed E-state index contributed by atoms with van der Waals surface area (Å²) in [4.78, 5) is 13.8. The van der Waals surface area contributed by atoms with Gasteiger partial charge in [-0.15, -0.1) is 11.6 Å². The Bertz CT molecular complexity index is 417. The number of carbonyl (C=O) groups excluding carboxylic acids is 1. The van der Waals surface area contributed by atoms with Crippen LogP contribution in [0.1, 0.15) is 10.4 Å². The predicted octanol–water partition coefficient (Wildman–Crippen LogP) is 2.92. The molecule has 0 saturated heterocycles. The number of methoxy groups -OCH3 is 1. The summed E-state index contributed by atoms with van der Waals surface area (Å²) in [6.45, 7) is 1.23. The van der Waals surface area contributed by atoms with Crippen molar-refractivity contribution in [3.05, 3.63) is 34.1 Å². The van der Waals surface area contributed by atoms with E-state index in [1.54, 1.807) is 7.11 Å². The monoisotopic (exact) mass is 337 g/mol. The van der Waals surface area contributed by atoms with Gasteiger partial charge in [-0.3, -0.25) is 4.79 Å². The lowest BCUT2D eigenvalue weighted by molar-refractivity contribution is 0.0706. The van der Waals surface area contributed by atoms with Crippen LogP contribution in [0.3, 0.4) is 0 Å². The first kappa shape index (κ1) is 15.4. The van der Waals surface area contributed by atoms with Gasteiger partial charge in [0.25, 0.3) is 5.91 Å². The lowest BCUT2D eigenvalue weighted by Crippen LogP contribution is -2.35. The number of rotatable bonds is 6. The van der Waals surface area contributed by atoms with Crippen molar-refractivity contribution < 1.29 is 13.9 Å². The van der Waals surface area contributed by atoms with E-state index in [-0.39, 0.29) is 11.5 Å². The predicted molar refractivity (Wildman–Crippen MR) is 72.6 cm³/mol. The van der Waals surface area contributed by atoms with Crippen LogP contribution in [-0.4, -0.2) is 43.5 Å². The van der Waals surface area contributed by atoms with Gasteiger partial charge in [-0.25, -0.2) is 4.39 Å². The van der Waals surface area contributed by atoms with Crippen molar-refractivity contribution in [3.63, 3.8) is 0 Å². The first-order chi connectivity index (χ1) is 8.60. The summed E-state index contributed by atoms with van der Waals surface area (Å²) >= 11 is 8.90. The number of ether oxygens (including phenoxy) is 1. The Kier molecular flexibility index (Phi) is 6.60. The molecule has 0 N–H and O–H groups in total. The molecule has 3 nitrogen and oxygen atoms in total. The van der Waals surface area contributed by atoms with Gasteiger partial charge in [-0.1, -0.05) is 0 Å². The second kappa shape index (κ2) is 7.71. The molecule has 1 rings (SSSR count). The highest BCUT2D eigenvalue weighted by molar-refractivity contribution is 9.10. The van der Waals surface area contributed by atoms with Crippen LogP contribution in [0.4, 0.5) is 4.39 Å². The maximum absolute atomic E-state index is 13.2. The molecule has 100 valence electrons. The largest absolute Gasteiger partial charge is 0.383 e. The number of benzene rings is 1. The molecule has 1 amide bonds. The Morgan fingerprint density at radius 3 is 2.83 bits per heavy atom. The molecule has 0 aliphatic heterocycles. The van der Waals surface area contributed by atoms with E-state index in [9.17, 15) is 9.18 Å². The van der Waals surface area contributed by atoms with Crippen molar-refractivity contribution in [3.8, 4) is 0 Å². The van der Waals surface area contributed by atoms with Crippen molar-refractivity contribution >= 4 is 33.4 Å². The molecular weight excluding hydrogens is 324 g/mol. The minimum atomic E-state index is -0.445. The van der Waals surface area contributed by atoms with Crippen molar-refractivity contribution in [2.75, 3.05) is 32.7 Å². The molecule has 0 fully saturated rings. The molecule has 18 heavy (non-hydrogen) atoms. The maximum atomic E-state index is 13.2. The molecule has 0 saturated carbocycles. The summed E-state index contributed by atoms with van der Waals surface area (Å²) in [5.74, 6) is -0.388. The van der Waals surface area contributed by atoms with Crippen LogP contribution < -0.4 is 0 Å². The van der Waals surface area contributed by atoms with Gasteiger partial charge in [-0.2, -0.15) is 0 Å². The Labute approximate surface area is 119 Å². The number of amides is 1. The summed E-state index contributed by atoms with van der Waals surface area (Å²) in [6.07, 6.45) is 0. The zero-order chi connectivity index (χ0) is 13.5. The van der Waals surface area contributed by atoms with Crippen molar-refractivity contribution in [2.45, 2.75) is 0 Å². The molecule has 1 aromatic carbocycles. The first-order valence-electron chi connectivity index (χ1n) is 5.39. The lowest BCUT2D eigenvalue weighted by Gasteiger charge is -2.21. The molecule has 0 bridgehead atoms. The molecule has 0 spiro atoms. The Hall–Kier alpha value is -0.650. The third kappa shape index (κ3) is 4.23. The molecule has 1 aromatic rings. The maximum Gasteiger partial charge on any atom is 0.255 e. The number of nitrogens with zero attached hydrogens (tertiary/aromatic N) is 1. The Morgan fingerprint density at radius 2 is 2.22 bits per heavy atom. The van der Waals surface area contributed by atoms with Crippen molar-refractivity contribution in [1.29, 1.82) is 0 Å². The van der Waals surface area contributed by atoms with E-state index in [2.05, 4.69) is 15.9 Å². The molecule has 0 atom stereocenters. The van der Waals surface area contributed by atoms with Gasteiger partial charge in [0.15, 0.2) is 0 Å². The highest BCUT2D eigenvalue weighted by atomic mass is 79.9. The van der Waals surface area contributed by atoms with Crippen molar-refractivity contribution in [2.24, 2.45) is 0 Å². The summed E-state index contributed by atoms with van der Waals surface area (Å²) < 4.78 is 18.7. The molecule has 0 unspecified atom stereocenters. The van der Waals surface area contributed by atoms with E-state index in [1.165, 1.54) is 23.1 Å². The van der Waals surface area contributed by atoms with Crippen molar-refractivity contribution in [1.82, 2.24) is 4.90 Å². The Morgan fingerprint density at radius 1 is 1.50 bits per heavy atom. The van der Waals surface area contributed by atoms with Crippen LogP contribution in [0.25, 0.3) is 0 Å². The van der Waals surface area contributed by atoms with Crippen LogP contribution in [0, 0.1) is 5.82 Å². The van der Waals surface area contributed by atoms with E-state index < -0.39 is 5.82 Å². The van der Waals surface area contributed by atoms with E-state index in [4.69, 9.17) is 16.3 Å². The van der Waals surface area contributed by atoms with Crippen LogP contribution >= 0.6 is 27.5 Å². The second-order valence-electron chi connectivity index (χ2n) is 3.60. The quantitative estimate of drug-likeness (QED) is 0.747. The number of carbonyl (C=O) groups is 1. The standard InChI is InChI=1S/C12H14BrClFNO2/c1-18-7-6-16(5-4-14)12(17)10-8-9(15)2-3-11(10)13/h2-3,8H,4-7H2,1H3. The van der Waals surface area contributed by atoms with Gasteiger partial charge in [-0.05, 0) is 34.1 Å². The fraction of sp³-hybridized carbons (Fsp3) is 0.417. The van der Waals surface area contributed by atoms with E-state index >= 15 is 0 Å². The zero-order valence-corrected chi connectivity index (χ0v) is 12.3. The van der Waals surface area contributed by atoms with Gasteiger partial charge in [0.1, 0.15) is 5.82 Å². The average molecular weight is 339 g/mol. The summed E-state index contributed by atoms with van der Waals surface area (Å²) in [6, 6.07) is 4.01. The average Bonchev–Trinajstić information content (AvgIpc) is 2.36. The SMILES string of the molecule is COCCN(CCCl)C(=O)c1cc(F)ccc1Br. The summed E-state index contributed by atoms with van der Waals surface area (Å²) in [5.41, 5.74) is 0.288. The third-order valence-electron chi connectivity index (χ3n) is 2.37. The van der Waals surface area contributed by atoms with E-state index in [0.29, 0.717) is 30.0 Å². The van der Waals surface area contributed by atoms with Crippen LogP contribution in [-0.2, 0) is 4.74 Å².